The van der Waals surface area contributed by atoms with Gasteiger partial charge >= 0.3 is 0 Å². The first-order chi connectivity index (χ1) is 10.1. The highest BCUT2D eigenvalue weighted by Gasteiger charge is 2.17. The van der Waals surface area contributed by atoms with Crippen LogP contribution in [0, 0.1) is 10.1 Å². The molecule has 9 heteroatoms. The topological polar surface area (TPSA) is 126 Å². The number of imidazole rings is 1. The van der Waals surface area contributed by atoms with Crippen molar-refractivity contribution in [2.24, 2.45) is 7.05 Å². The average molecular weight is 286 g/mol. The van der Waals surface area contributed by atoms with Gasteiger partial charge in [-0.1, -0.05) is 5.16 Å². The molecule has 0 amide bonds. The molecular formula is C12H10N6O3. The van der Waals surface area contributed by atoms with Crippen LogP contribution in [0.15, 0.2) is 35.1 Å². The molecule has 106 valence electrons. The SMILES string of the molecule is Cn1ccnc1-c1noc(-c2ccc([N+](=O)[O-])cc2N)n1. The number of nitro benzene ring substituents is 1. The number of non-ortho nitro benzene ring substituents is 1. The van der Waals surface area contributed by atoms with Gasteiger partial charge in [0.15, 0.2) is 5.82 Å². The Morgan fingerprint density at radius 3 is 2.86 bits per heavy atom. The molecule has 3 aromatic rings. The highest BCUT2D eigenvalue weighted by atomic mass is 16.6. The highest BCUT2D eigenvalue weighted by Crippen LogP contribution is 2.29. The van der Waals surface area contributed by atoms with Crippen LogP contribution in [0.5, 0.6) is 0 Å². The smallest absolute Gasteiger partial charge is 0.271 e. The summed E-state index contributed by atoms with van der Waals surface area (Å²) in [4.78, 5) is 18.5. The van der Waals surface area contributed by atoms with Crippen LogP contribution in [0.1, 0.15) is 0 Å². The molecule has 1 aromatic carbocycles. The second kappa shape index (κ2) is 4.71. The second-order valence-electron chi connectivity index (χ2n) is 4.31. The summed E-state index contributed by atoms with van der Waals surface area (Å²) in [6.07, 6.45) is 3.37. The van der Waals surface area contributed by atoms with Gasteiger partial charge in [0.25, 0.3) is 11.6 Å². The van der Waals surface area contributed by atoms with Gasteiger partial charge in [-0.15, -0.1) is 0 Å². The number of nitrogen functional groups attached to an aromatic ring is 1. The molecule has 0 saturated carbocycles. The van der Waals surface area contributed by atoms with Gasteiger partial charge in [-0.25, -0.2) is 4.98 Å². The maximum absolute atomic E-state index is 10.7. The van der Waals surface area contributed by atoms with Crippen LogP contribution in [0.3, 0.4) is 0 Å². The van der Waals surface area contributed by atoms with Gasteiger partial charge in [-0.2, -0.15) is 4.98 Å². The van der Waals surface area contributed by atoms with E-state index in [9.17, 15) is 10.1 Å². The minimum atomic E-state index is -0.521. The number of nitrogens with zero attached hydrogens (tertiary/aromatic N) is 5. The normalized spacial score (nSPS) is 10.7. The predicted molar refractivity (Wildman–Crippen MR) is 73.0 cm³/mol. The molecule has 0 aliphatic carbocycles. The van der Waals surface area contributed by atoms with E-state index in [-0.39, 0.29) is 17.3 Å². The van der Waals surface area contributed by atoms with E-state index >= 15 is 0 Å². The fraction of sp³-hybridized carbons (Fsp3) is 0.0833. The van der Waals surface area contributed by atoms with E-state index in [4.69, 9.17) is 10.3 Å². The number of nitrogens with two attached hydrogens (primary N) is 1. The van der Waals surface area contributed by atoms with E-state index in [2.05, 4.69) is 15.1 Å². The lowest BCUT2D eigenvalue weighted by Gasteiger charge is -1.99. The van der Waals surface area contributed by atoms with E-state index < -0.39 is 4.92 Å². The van der Waals surface area contributed by atoms with Crippen LogP contribution < -0.4 is 5.73 Å². The summed E-state index contributed by atoms with van der Waals surface area (Å²) in [5, 5.41) is 14.5. The van der Waals surface area contributed by atoms with Gasteiger partial charge in [-0.3, -0.25) is 10.1 Å². The third-order valence-corrected chi connectivity index (χ3v) is 2.92. The molecule has 21 heavy (non-hydrogen) atoms. The zero-order valence-electron chi connectivity index (χ0n) is 10.9. The van der Waals surface area contributed by atoms with Crippen molar-refractivity contribution in [3.63, 3.8) is 0 Å². The van der Waals surface area contributed by atoms with Crippen LogP contribution in [-0.2, 0) is 7.05 Å². The predicted octanol–water partition coefficient (Wildman–Crippen LogP) is 1.63. The van der Waals surface area contributed by atoms with Gasteiger partial charge in [0.2, 0.25) is 5.82 Å². The number of rotatable bonds is 3. The number of benzene rings is 1. The zero-order valence-corrected chi connectivity index (χ0v) is 10.9. The molecule has 0 atom stereocenters. The molecule has 0 unspecified atom stereocenters. The Kier molecular flexibility index (Phi) is 2.87. The van der Waals surface area contributed by atoms with Crippen molar-refractivity contribution in [3.05, 3.63) is 40.7 Å². The molecule has 0 radical (unpaired) electrons. The Bertz CT molecular complexity index is 822. The van der Waals surface area contributed by atoms with Gasteiger partial charge in [0.1, 0.15) is 0 Å². The largest absolute Gasteiger partial charge is 0.398 e. The highest BCUT2D eigenvalue weighted by molar-refractivity contribution is 5.73. The first-order valence-electron chi connectivity index (χ1n) is 5.92. The molecule has 0 spiro atoms. The second-order valence-corrected chi connectivity index (χ2v) is 4.31. The minimum absolute atomic E-state index is 0.0971. The molecular weight excluding hydrogens is 276 g/mol. The fourth-order valence-electron chi connectivity index (χ4n) is 1.86. The molecule has 0 fully saturated rings. The Hall–Kier alpha value is -3.23. The van der Waals surface area contributed by atoms with Crippen molar-refractivity contribution in [1.82, 2.24) is 19.7 Å². The molecule has 9 nitrogen and oxygen atoms in total. The Morgan fingerprint density at radius 1 is 1.43 bits per heavy atom. The van der Waals surface area contributed by atoms with E-state index in [1.807, 2.05) is 0 Å². The Labute approximate surface area is 118 Å². The molecule has 2 heterocycles. The van der Waals surface area contributed by atoms with Gasteiger partial charge < -0.3 is 14.8 Å². The van der Waals surface area contributed by atoms with Gasteiger partial charge in [0, 0.05) is 31.6 Å². The summed E-state index contributed by atoms with van der Waals surface area (Å²) in [5.41, 5.74) is 6.33. The third kappa shape index (κ3) is 2.20. The molecule has 0 bridgehead atoms. The summed E-state index contributed by atoms with van der Waals surface area (Å²) in [6, 6.07) is 4.06. The first kappa shape index (κ1) is 12.8. The van der Waals surface area contributed by atoms with Crippen molar-refractivity contribution in [3.8, 4) is 23.1 Å². The first-order valence-corrected chi connectivity index (χ1v) is 5.92. The Morgan fingerprint density at radius 2 is 2.24 bits per heavy atom. The van der Waals surface area contributed by atoms with E-state index in [1.54, 1.807) is 24.0 Å². The average Bonchev–Trinajstić information content (AvgIpc) is 3.07. The summed E-state index contributed by atoms with van der Waals surface area (Å²) < 4.78 is 6.89. The lowest BCUT2D eigenvalue weighted by Crippen LogP contribution is -1.95. The summed E-state index contributed by atoms with van der Waals surface area (Å²) in [6.45, 7) is 0. The minimum Gasteiger partial charge on any atom is -0.398 e. The van der Waals surface area contributed by atoms with Crippen LogP contribution in [-0.4, -0.2) is 24.6 Å². The number of anilines is 1. The van der Waals surface area contributed by atoms with E-state index in [0.29, 0.717) is 17.2 Å². The molecule has 2 N–H and O–H groups in total. The fourth-order valence-corrected chi connectivity index (χ4v) is 1.86. The summed E-state index contributed by atoms with van der Waals surface area (Å²) in [5.74, 6) is 1.04. The summed E-state index contributed by atoms with van der Waals surface area (Å²) >= 11 is 0. The maximum atomic E-state index is 10.7. The van der Waals surface area contributed by atoms with Crippen molar-refractivity contribution >= 4 is 11.4 Å². The van der Waals surface area contributed by atoms with Crippen molar-refractivity contribution in [1.29, 1.82) is 0 Å². The molecule has 0 aliphatic heterocycles. The number of aryl methyl sites for hydroxylation is 1. The van der Waals surface area contributed by atoms with E-state index in [1.165, 1.54) is 18.2 Å². The van der Waals surface area contributed by atoms with E-state index in [0.717, 1.165) is 0 Å². The zero-order chi connectivity index (χ0) is 15.0. The number of nitro groups is 1. The monoisotopic (exact) mass is 286 g/mol. The number of aromatic nitrogens is 4. The molecule has 3 rings (SSSR count). The van der Waals surface area contributed by atoms with Crippen LogP contribution in [0.25, 0.3) is 23.1 Å². The van der Waals surface area contributed by atoms with Crippen LogP contribution >= 0.6 is 0 Å². The maximum Gasteiger partial charge on any atom is 0.271 e. The quantitative estimate of drug-likeness (QED) is 0.440. The molecule has 2 aromatic heterocycles. The lowest BCUT2D eigenvalue weighted by molar-refractivity contribution is -0.384. The Balaban J connectivity index is 2.01. The van der Waals surface area contributed by atoms with Crippen LogP contribution in [0.2, 0.25) is 0 Å². The van der Waals surface area contributed by atoms with Gasteiger partial charge in [0.05, 0.1) is 16.2 Å². The number of hydrogen-bond donors (Lipinski definition) is 1. The summed E-state index contributed by atoms with van der Waals surface area (Å²) in [7, 11) is 1.80. The van der Waals surface area contributed by atoms with Crippen molar-refractivity contribution in [2.75, 3.05) is 5.73 Å². The molecule has 0 aliphatic rings. The van der Waals surface area contributed by atoms with Gasteiger partial charge in [-0.05, 0) is 6.07 Å². The third-order valence-electron chi connectivity index (χ3n) is 2.92. The standard InChI is InChI=1S/C12H10N6O3/c1-17-5-4-14-11(17)10-15-12(21-16-10)8-3-2-7(18(19)20)6-9(8)13/h2-6H,13H2,1H3. The lowest BCUT2D eigenvalue weighted by atomic mass is 10.1. The van der Waals surface area contributed by atoms with Crippen LogP contribution in [0.4, 0.5) is 11.4 Å². The van der Waals surface area contributed by atoms with Crippen molar-refractivity contribution < 1.29 is 9.45 Å². The molecule has 0 saturated heterocycles. The van der Waals surface area contributed by atoms with Crippen molar-refractivity contribution in [2.45, 2.75) is 0 Å². The number of hydrogen-bond acceptors (Lipinski definition) is 7.